The van der Waals surface area contributed by atoms with Crippen molar-refractivity contribution in [2.45, 2.75) is 26.3 Å². The van der Waals surface area contributed by atoms with Gasteiger partial charge in [0, 0.05) is 25.3 Å². The molecule has 1 fully saturated rings. The van der Waals surface area contributed by atoms with Crippen LogP contribution in [0.25, 0.3) is 0 Å². The summed E-state index contributed by atoms with van der Waals surface area (Å²) >= 11 is 0. The van der Waals surface area contributed by atoms with E-state index in [0.717, 1.165) is 5.56 Å². The predicted molar refractivity (Wildman–Crippen MR) is 125 cm³/mol. The number of methoxy groups -OCH3 is 2. The number of benzene rings is 2. The molecule has 1 atom stereocenters. The van der Waals surface area contributed by atoms with Gasteiger partial charge in [0.05, 0.1) is 38.3 Å². The average Bonchev–Trinajstić information content (AvgIpc) is 2.83. The molecular formula is C25H30N4O4. The van der Waals surface area contributed by atoms with Crippen molar-refractivity contribution in [3.8, 4) is 17.6 Å². The second-order valence-electron chi connectivity index (χ2n) is 8.33. The molecule has 0 radical (unpaired) electrons. The van der Waals surface area contributed by atoms with Gasteiger partial charge in [0.2, 0.25) is 5.91 Å². The highest BCUT2D eigenvalue weighted by Gasteiger charge is 2.34. The van der Waals surface area contributed by atoms with Crippen LogP contribution in [0.5, 0.6) is 11.5 Å². The Morgan fingerprint density at radius 1 is 1.12 bits per heavy atom. The van der Waals surface area contributed by atoms with Crippen LogP contribution in [0.3, 0.4) is 0 Å². The van der Waals surface area contributed by atoms with Gasteiger partial charge >= 0.3 is 6.03 Å². The lowest BCUT2D eigenvalue weighted by molar-refractivity contribution is -0.133. The molecule has 174 valence electrons. The molecule has 0 bridgehead atoms. The Morgan fingerprint density at radius 3 is 2.55 bits per heavy atom. The number of nitrogens with zero attached hydrogens (tertiary/aromatic N) is 3. The Balaban J connectivity index is 1.67. The molecule has 1 heterocycles. The zero-order valence-electron chi connectivity index (χ0n) is 19.5. The fourth-order valence-electron chi connectivity index (χ4n) is 4.00. The third kappa shape index (κ3) is 5.75. The van der Waals surface area contributed by atoms with Crippen LogP contribution in [0, 0.1) is 17.2 Å². The Labute approximate surface area is 194 Å². The number of carbonyl (C=O) groups is 2. The number of urea groups is 1. The number of hydrogen-bond donors (Lipinski definition) is 1. The van der Waals surface area contributed by atoms with Crippen LogP contribution in [0.2, 0.25) is 0 Å². The number of ether oxygens (including phenoxy) is 2. The first-order chi connectivity index (χ1) is 15.9. The predicted octanol–water partition coefficient (Wildman–Crippen LogP) is 3.52. The summed E-state index contributed by atoms with van der Waals surface area (Å²) in [6, 6.07) is 14.0. The van der Waals surface area contributed by atoms with Crippen LogP contribution in [0.15, 0.2) is 42.5 Å². The molecular weight excluding hydrogens is 420 g/mol. The topological polar surface area (TPSA) is 94.9 Å². The Hall–Kier alpha value is -3.73. The molecule has 1 aliphatic heterocycles. The minimum atomic E-state index is -0.226. The van der Waals surface area contributed by atoms with E-state index >= 15 is 0 Å². The molecule has 0 spiro atoms. The lowest BCUT2D eigenvalue weighted by Gasteiger charge is -2.43. The molecule has 2 aromatic rings. The van der Waals surface area contributed by atoms with Crippen molar-refractivity contribution in [3.05, 3.63) is 53.6 Å². The first-order valence-corrected chi connectivity index (χ1v) is 10.9. The molecule has 3 amide bonds. The highest BCUT2D eigenvalue weighted by Crippen LogP contribution is 2.28. The molecule has 33 heavy (non-hydrogen) atoms. The Bertz CT molecular complexity index is 1050. The van der Waals surface area contributed by atoms with Crippen molar-refractivity contribution in [3.63, 3.8) is 0 Å². The van der Waals surface area contributed by atoms with E-state index in [1.165, 1.54) is 0 Å². The highest BCUT2D eigenvalue weighted by molar-refractivity contribution is 5.90. The van der Waals surface area contributed by atoms with Crippen LogP contribution in [-0.2, 0) is 11.2 Å². The van der Waals surface area contributed by atoms with Crippen LogP contribution in [-0.4, -0.2) is 61.6 Å². The fraction of sp³-hybridized carbons (Fsp3) is 0.400. The summed E-state index contributed by atoms with van der Waals surface area (Å²) in [6.45, 7) is 5.45. The fourth-order valence-corrected chi connectivity index (χ4v) is 4.00. The second kappa shape index (κ2) is 10.7. The summed E-state index contributed by atoms with van der Waals surface area (Å²) in [5, 5.41) is 12.0. The van der Waals surface area contributed by atoms with E-state index in [1.54, 1.807) is 49.5 Å². The van der Waals surface area contributed by atoms with Gasteiger partial charge in [-0.1, -0.05) is 26.0 Å². The normalized spacial score (nSPS) is 15.7. The van der Waals surface area contributed by atoms with E-state index in [9.17, 15) is 9.59 Å². The van der Waals surface area contributed by atoms with E-state index in [-0.39, 0.29) is 30.3 Å². The Kier molecular flexibility index (Phi) is 7.78. The molecule has 2 aromatic carbocycles. The first kappa shape index (κ1) is 23.9. The van der Waals surface area contributed by atoms with Gasteiger partial charge in [0.15, 0.2) is 11.5 Å². The number of nitrogens with one attached hydrogen (secondary N) is 1. The molecule has 1 N–H and O–H groups in total. The molecule has 0 aliphatic carbocycles. The zero-order valence-corrected chi connectivity index (χ0v) is 19.5. The number of amides is 3. The zero-order chi connectivity index (χ0) is 24.0. The number of nitriles is 1. The third-order valence-electron chi connectivity index (χ3n) is 5.85. The van der Waals surface area contributed by atoms with Gasteiger partial charge in [-0.05, 0) is 41.8 Å². The minimum absolute atomic E-state index is 0.00893. The summed E-state index contributed by atoms with van der Waals surface area (Å²) in [5.41, 5.74) is 1.91. The monoisotopic (exact) mass is 450 g/mol. The van der Waals surface area contributed by atoms with Gasteiger partial charge in [-0.3, -0.25) is 4.79 Å². The van der Waals surface area contributed by atoms with Gasteiger partial charge < -0.3 is 24.6 Å². The van der Waals surface area contributed by atoms with E-state index in [1.807, 2.05) is 30.9 Å². The third-order valence-corrected chi connectivity index (χ3v) is 5.85. The maximum absolute atomic E-state index is 13.0. The minimum Gasteiger partial charge on any atom is -0.493 e. The maximum Gasteiger partial charge on any atom is 0.322 e. The molecule has 1 aliphatic rings. The number of piperazine rings is 1. The van der Waals surface area contributed by atoms with Gasteiger partial charge in [-0.2, -0.15) is 5.26 Å². The van der Waals surface area contributed by atoms with E-state index < -0.39 is 0 Å². The summed E-state index contributed by atoms with van der Waals surface area (Å²) < 4.78 is 10.6. The van der Waals surface area contributed by atoms with E-state index in [4.69, 9.17) is 14.7 Å². The van der Waals surface area contributed by atoms with Gasteiger partial charge in [0.1, 0.15) is 0 Å². The van der Waals surface area contributed by atoms with Crippen molar-refractivity contribution in [2.75, 3.05) is 39.2 Å². The van der Waals surface area contributed by atoms with Crippen molar-refractivity contribution in [1.29, 1.82) is 5.26 Å². The summed E-state index contributed by atoms with van der Waals surface area (Å²) in [6.07, 6.45) is 0.248. The smallest absolute Gasteiger partial charge is 0.322 e. The molecule has 3 rings (SSSR count). The first-order valence-electron chi connectivity index (χ1n) is 10.9. The lowest BCUT2D eigenvalue weighted by atomic mass is 9.99. The van der Waals surface area contributed by atoms with Crippen LogP contribution >= 0.6 is 0 Å². The molecule has 0 saturated carbocycles. The second-order valence-corrected chi connectivity index (χ2v) is 8.33. The Morgan fingerprint density at radius 2 is 1.88 bits per heavy atom. The van der Waals surface area contributed by atoms with Crippen LogP contribution in [0.1, 0.15) is 25.0 Å². The number of anilines is 1. The molecule has 8 heteroatoms. The highest BCUT2D eigenvalue weighted by atomic mass is 16.5. The number of rotatable bonds is 6. The van der Waals surface area contributed by atoms with Crippen molar-refractivity contribution < 1.29 is 19.1 Å². The average molecular weight is 451 g/mol. The van der Waals surface area contributed by atoms with Gasteiger partial charge in [0.25, 0.3) is 0 Å². The van der Waals surface area contributed by atoms with Crippen LogP contribution in [0.4, 0.5) is 10.5 Å². The number of carbonyl (C=O) groups excluding carboxylic acids is 2. The molecule has 0 aromatic heterocycles. The summed E-state index contributed by atoms with van der Waals surface area (Å²) in [4.78, 5) is 29.6. The van der Waals surface area contributed by atoms with Crippen molar-refractivity contribution in [2.24, 2.45) is 5.92 Å². The van der Waals surface area contributed by atoms with E-state index in [0.29, 0.717) is 42.4 Å². The maximum atomic E-state index is 13.0. The standard InChI is InChI=1S/C25H30N4O4/c1-17(2)21-16-28(24(30)14-18-8-9-22(32-3)23(13-18)33-4)10-11-29(21)25(31)27-20-7-5-6-19(12-20)15-26/h5-9,12-13,17,21H,10-11,14,16H2,1-4H3,(H,27,31). The van der Waals surface area contributed by atoms with Crippen LogP contribution < -0.4 is 14.8 Å². The van der Waals surface area contributed by atoms with Crippen molar-refractivity contribution in [1.82, 2.24) is 9.80 Å². The molecule has 8 nitrogen and oxygen atoms in total. The van der Waals surface area contributed by atoms with Gasteiger partial charge in [-0.15, -0.1) is 0 Å². The molecule has 1 unspecified atom stereocenters. The van der Waals surface area contributed by atoms with E-state index in [2.05, 4.69) is 11.4 Å². The van der Waals surface area contributed by atoms with Gasteiger partial charge in [-0.25, -0.2) is 4.79 Å². The molecule has 1 saturated heterocycles. The van der Waals surface area contributed by atoms with Crippen molar-refractivity contribution >= 4 is 17.6 Å². The summed E-state index contributed by atoms with van der Waals surface area (Å²) in [5.74, 6) is 1.38. The largest absolute Gasteiger partial charge is 0.493 e. The quantitative estimate of drug-likeness (QED) is 0.727. The lowest BCUT2D eigenvalue weighted by Crippen LogP contribution is -2.59. The SMILES string of the molecule is COc1ccc(CC(=O)N2CCN(C(=O)Nc3cccc(C#N)c3)C(C(C)C)C2)cc1OC. The number of hydrogen-bond acceptors (Lipinski definition) is 5. The summed E-state index contributed by atoms with van der Waals surface area (Å²) in [7, 11) is 3.14.